The van der Waals surface area contributed by atoms with Crippen molar-refractivity contribution in [2.24, 2.45) is 0 Å². The Hall–Kier alpha value is -1.69. The Balaban J connectivity index is 2.71. The lowest BCUT2D eigenvalue weighted by Crippen LogP contribution is -2.08. The number of amides is 1. The molecule has 0 saturated carbocycles. The summed E-state index contributed by atoms with van der Waals surface area (Å²) in [4.78, 5) is 17.4. The SMILES string of the molecule is O=C(O)Nc1cnc(CO)nc1. The van der Waals surface area contributed by atoms with Gasteiger partial charge in [0.25, 0.3) is 0 Å². The van der Waals surface area contributed by atoms with Crippen molar-refractivity contribution < 1.29 is 15.0 Å². The molecule has 12 heavy (non-hydrogen) atoms. The van der Waals surface area contributed by atoms with Gasteiger partial charge in [-0.1, -0.05) is 0 Å². The number of hydrogen-bond donors (Lipinski definition) is 3. The molecule has 1 aromatic heterocycles. The van der Waals surface area contributed by atoms with Gasteiger partial charge in [0.15, 0.2) is 5.82 Å². The van der Waals surface area contributed by atoms with Gasteiger partial charge in [-0.3, -0.25) is 5.32 Å². The van der Waals surface area contributed by atoms with Crippen molar-refractivity contribution in [2.45, 2.75) is 6.61 Å². The number of hydrogen-bond acceptors (Lipinski definition) is 4. The first-order chi connectivity index (χ1) is 5.72. The number of aliphatic hydroxyl groups is 1. The van der Waals surface area contributed by atoms with Crippen LogP contribution in [0.3, 0.4) is 0 Å². The van der Waals surface area contributed by atoms with Crippen LogP contribution in [-0.2, 0) is 6.61 Å². The van der Waals surface area contributed by atoms with Crippen LogP contribution >= 0.6 is 0 Å². The zero-order valence-corrected chi connectivity index (χ0v) is 6.06. The topological polar surface area (TPSA) is 95.3 Å². The molecule has 1 heterocycles. The summed E-state index contributed by atoms with van der Waals surface area (Å²) in [6, 6.07) is 0. The second-order valence-electron chi connectivity index (χ2n) is 1.98. The Kier molecular flexibility index (Phi) is 2.54. The zero-order chi connectivity index (χ0) is 8.97. The van der Waals surface area contributed by atoms with Gasteiger partial charge in [-0.15, -0.1) is 0 Å². The molecule has 0 aromatic carbocycles. The Morgan fingerprint density at radius 1 is 1.50 bits per heavy atom. The molecule has 6 heteroatoms. The first-order valence-corrected chi connectivity index (χ1v) is 3.14. The fraction of sp³-hybridized carbons (Fsp3) is 0.167. The van der Waals surface area contributed by atoms with Gasteiger partial charge in [0, 0.05) is 0 Å². The summed E-state index contributed by atoms with van der Waals surface area (Å²) in [6.07, 6.45) is 1.40. The molecule has 3 N–H and O–H groups in total. The number of carbonyl (C=O) groups is 1. The van der Waals surface area contributed by atoms with Crippen LogP contribution in [0.4, 0.5) is 10.5 Å². The summed E-state index contributed by atoms with van der Waals surface area (Å²) < 4.78 is 0. The third kappa shape index (κ3) is 2.17. The second-order valence-corrected chi connectivity index (χ2v) is 1.98. The molecule has 1 amide bonds. The van der Waals surface area contributed by atoms with Gasteiger partial charge in [-0.05, 0) is 0 Å². The van der Waals surface area contributed by atoms with Crippen LogP contribution in [0.25, 0.3) is 0 Å². The summed E-state index contributed by atoms with van der Waals surface area (Å²) in [5.74, 6) is 0.255. The normalized spacial score (nSPS) is 9.42. The van der Waals surface area contributed by atoms with E-state index in [4.69, 9.17) is 10.2 Å². The Morgan fingerprint density at radius 2 is 2.08 bits per heavy atom. The van der Waals surface area contributed by atoms with E-state index in [1.807, 2.05) is 0 Å². The number of rotatable bonds is 2. The maximum Gasteiger partial charge on any atom is 0.409 e. The number of nitrogens with zero attached hydrogens (tertiary/aromatic N) is 2. The first kappa shape index (κ1) is 8.41. The highest BCUT2D eigenvalue weighted by Crippen LogP contribution is 2.01. The third-order valence-corrected chi connectivity index (χ3v) is 1.10. The van der Waals surface area contributed by atoms with Crippen LogP contribution in [-0.4, -0.2) is 26.3 Å². The maximum absolute atomic E-state index is 10.1. The molecule has 1 rings (SSSR count). The first-order valence-electron chi connectivity index (χ1n) is 3.14. The molecule has 0 fully saturated rings. The fourth-order valence-corrected chi connectivity index (χ4v) is 0.624. The smallest absolute Gasteiger partial charge is 0.409 e. The lowest BCUT2D eigenvalue weighted by Gasteiger charge is -1.98. The van der Waals surface area contributed by atoms with E-state index in [1.165, 1.54) is 12.4 Å². The highest BCUT2D eigenvalue weighted by atomic mass is 16.4. The van der Waals surface area contributed by atoms with Crippen molar-refractivity contribution in [2.75, 3.05) is 5.32 Å². The molecule has 0 unspecified atom stereocenters. The summed E-state index contributed by atoms with van der Waals surface area (Å²) in [5, 5.41) is 18.9. The Labute approximate surface area is 67.9 Å². The second kappa shape index (κ2) is 3.63. The molecular weight excluding hydrogens is 162 g/mol. The van der Waals surface area contributed by atoms with Gasteiger partial charge in [-0.25, -0.2) is 14.8 Å². The van der Waals surface area contributed by atoms with E-state index in [0.29, 0.717) is 0 Å². The van der Waals surface area contributed by atoms with E-state index < -0.39 is 6.09 Å². The van der Waals surface area contributed by atoms with Gasteiger partial charge in [-0.2, -0.15) is 0 Å². The van der Waals surface area contributed by atoms with Crippen molar-refractivity contribution in [3.63, 3.8) is 0 Å². The van der Waals surface area contributed by atoms with Crippen LogP contribution in [0.1, 0.15) is 5.82 Å². The number of nitrogens with one attached hydrogen (secondary N) is 1. The highest BCUT2D eigenvalue weighted by Gasteiger charge is 1.98. The number of carboxylic acid groups (broad SMARTS) is 1. The molecular formula is C6H7N3O3. The molecule has 0 atom stereocenters. The molecule has 0 aliphatic heterocycles. The van der Waals surface area contributed by atoms with E-state index in [-0.39, 0.29) is 18.1 Å². The molecule has 0 spiro atoms. The summed E-state index contributed by atoms with van der Waals surface area (Å²) >= 11 is 0. The Morgan fingerprint density at radius 3 is 2.50 bits per heavy atom. The van der Waals surface area contributed by atoms with Crippen molar-refractivity contribution in [3.8, 4) is 0 Å². The van der Waals surface area contributed by atoms with E-state index in [9.17, 15) is 4.79 Å². The molecule has 0 radical (unpaired) electrons. The van der Waals surface area contributed by atoms with Crippen LogP contribution in [0.15, 0.2) is 12.4 Å². The van der Waals surface area contributed by atoms with Crippen molar-refractivity contribution >= 4 is 11.8 Å². The average molecular weight is 169 g/mol. The quantitative estimate of drug-likeness (QED) is 0.581. The van der Waals surface area contributed by atoms with Crippen molar-refractivity contribution in [1.82, 2.24) is 9.97 Å². The zero-order valence-electron chi connectivity index (χ0n) is 6.06. The van der Waals surface area contributed by atoms with Gasteiger partial charge in [0.05, 0.1) is 18.1 Å². The lowest BCUT2D eigenvalue weighted by molar-refractivity contribution is 0.209. The molecule has 1 aromatic rings. The van der Waals surface area contributed by atoms with Crippen LogP contribution in [0.5, 0.6) is 0 Å². The van der Waals surface area contributed by atoms with Crippen molar-refractivity contribution in [1.29, 1.82) is 0 Å². The largest absolute Gasteiger partial charge is 0.465 e. The summed E-state index contributed by atoms with van der Waals surface area (Å²) in [5.41, 5.74) is 0.278. The standard InChI is InChI=1S/C6H7N3O3/c10-3-5-7-1-4(2-8-5)9-6(11)12/h1-2,9-10H,3H2,(H,11,12). The van der Waals surface area contributed by atoms with E-state index in [0.717, 1.165) is 0 Å². The Bertz CT molecular complexity index is 272. The maximum atomic E-state index is 10.1. The lowest BCUT2D eigenvalue weighted by atomic mass is 10.5. The minimum Gasteiger partial charge on any atom is -0.465 e. The van der Waals surface area contributed by atoms with Gasteiger partial charge in [0.1, 0.15) is 6.61 Å². The van der Waals surface area contributed by atoms with Crippen LogP contribution in [0.2, 0.25) is 0 Å². The van der Waals surface area contributed by atoms with Crippen LogP contribution in [0, 0.1) is 0 Å². The molecule has 64 valence electrons. The predicted octanol–water partition coefficient (Wildman–Crippen LogP) is 0.0588. The number of anilines is 1. The number of aliphatic hydroxyl groups excluding tert-OH is 1. The predicted molar refractivity (Wildman–Crippen MR) is 39.6 cm³/mol. The van der Waals surface area contributed by atoms with E-state index in [2.05, 4.69) is 15.3 Å². The minimum absolute atomic E-state index is 0.255. The van der Waals surface area contributed by atoms with Gasteiger partial charge in [0.2, 0.25) is 0 Å². The average Bonchev–Trinajstić information content (AvgIpc) is 2.05. The molecule has 0 saturated heterocycles. The highest BCUT2D eigenvalue weighted by molar-refractivity contribution is 5.82. The monoisotopic (exact) mass is 169 g/mol. The van der Waals surface area contributed by atoms with E-state index in [1.54, 1.807) is 0 Å². The molecule has 0 aliphatic rings. The molecule has 0 aliphatic carbocycles. The third-order valence-electron chi connectivity index (χ3n) is 1.10. The van der Waals surface area contributed by atoms with Gasteiger partial charge >= 0.3 is 6.09 Å². The molecule has 0 bridgehead atoms. The number of aromatic nitrogens is 2. The summed E-state index contributed by atoms with van der Waals surface area (Å²) in [6.45, 7) is -0.257. The van der Waals surface area contributed by atoms with E-state index >= 15 is 0 Å². The molecule has 6 nitrogen and oxygen atoms in total. The minimum atomic E-state index is -1.17. The fourth-order valence-electron chi connectivity index (χ4n) is 0.624. The van der Waals surface area contributed by atoms with Gasteiger partial charge < -0.3 is 10.2 Å². The summed E-state index contributed by atoms with van der Waals surface area (Å²) in [7, 11) is 0. The van der Waals surface area contributed by atoms with Crippen molar-refractivity contribution in [3.05, 3.63) is 18.2 Å². The van der Waals surface area contributed by atoms with Crippen LogP contribution < -0.4 is 5.32 Å².